The Morgan fingerprint density at radius 3 is 2.68 bits per heavy atom. The number of hydrogen-bond donors (Lipinski definition) is 2. The van der Waals surface area contributed by atoms with Crippen molar-refractivity contribution in [3.8, 4) is 0 Å². The number of aromatic nitrogens is 2. The molecule has 0 aromatic carbocycles. The summed E-state index contributed by atoms with van der Waals surface area (Å²) in [5.74, 6) is 1.91. The van der Waals surface area contributed by atoms with Crippen LogP contribution in [0.5, 0.6) is 0 Å². The van der Waals surface area contributed by atoms with Gasteiger partial charge in [0.25, 0.3) is 5.91 Å². The summed E-state index contributed by atoms with van der Waals surface area (Å²) in [5, 5.41) is 13.9. The first-order chi connectivity index (χ1) is 10.5. The van der Waals surface area contributed by atoms with E-state index in [4.69, 9.17) is 4.42 Å². The zero-order valence-electron chi connectivity index (χ0n) is 13.3. The normalized spacial score (nSPS) is 10.4. The lowest BCUT2D eigenvalue weighted by Gasteiger charge is -2.13. The number of aryl methyl sites for hydroxylation is 2. The second-order valence-electron chi connectivity index (χ2n) is 5.20. The Bertz CT molecular complexity index is 651. The summed E-state index contributed by atoms with van der Waals surface area (Å²) in [4.78, 5) is 14.0. The first-order valence-electron chi connectivity index (χ1n) is 7.06. The molecule has 7 nitrogen and oxygen atoms in total. The van der Waals surface area contributed by atoms with Crippen LogP contribution >= 0.6 is 0 Å². The summed E-state index contributed by atoms with van der Waals surface area (Å²) >= 11 is 0. The van der Waals surface area contributed by atoms with E-state index in [1.165, 1.54) is 0 Å². The maximum atomic E-state index is 12.0. The third-order valence-corrected chi connectivity index (χ3v) is 3.16. The third kappa shape index (κ3) is 3.97. The van der Waals surface area contributed by atoms with Crippen molar-refractivity contribution in [1.82, 2.24) is 15.5 Å². The Balaban J connectivity index is 1.81. The first kappa shape index (κ1) is 15.8. The third-order valence-electron chi connectivity index (χ3n) is 3.16. The van der Waals surface area contributed by atoms with Gasteiger partial charge in [-0.05, 0) is 19.9 Å². The highest BCUT2D eigenvalue weighted by Gasteiger charge is 2.12. The maximum absolute atomic E-state index is 12.0. The highest BCUT2D eigenvalue weighted by atomic mass is 16.3. The van der Waals surface area contributed by atoms with E-state index in [0.717, 1.165) is 11.4 Å². The lowest BCUT2D eigenvalue weighted by atomic mass is 10.2. The van der Waals surface area contributed by atoms with Gasteiger partial charge in [-0.15, -0.1) is 5.10 Å². The van der Waals surface area contributed by atoms with Crippen molar-refractivity contribution in [3.63, 3.8) is 0 Å². The molecule has 1 amide bonds. The summed E-state index contributed by atoms with van der Waals surface area (Å²) in [6.45, 7) is 4.65. The lowest BCUT2D eigenvalue weighted by Crippen LogP contribution is -2.29. The average molecular weight is 303 g/mol. The van der Waals surface area contributed by atoms with Crippen molar-refractivity contribution in [1.29, 1.82) is 0 Å². The average Bonchev–Trinajstić information content (AvgIpc) is 2.82. The zero-order chi connectivity index (χ0) is 16.1. The van der Waals surface area contributed by atoms with Crippen LogP contribution in [0.3, 0.4) is 0 Å². The van der Waals surface area contributed by atoms with Crippen LogP contribution in [0.15, 0.2) is 22.7 Å². The van der Waals surface area contributed by atoms with Gasteiger partial charge >= 0.3 is 0 Å². The molecule has 118 valence electrons. The van der Waals surface area contributed by atoms with Gasteiger partial charge in [0, 0.05) is 33.3 Å². The van der Waals surface area contributed by atoms with E-state index in [-0.39, 0.29) is 5.91 Å². The molecule has 0 aliphatic rings. The monoisotopic (exact) mass is 303 g/mol. The Kier molecular flexibility index (Phi) is 4.98. The summed E-state index contributed by atoms with van der Waals surface area (Å²) < 4.78 is 5.35. The van der Waals surface area contributed by atoms with Crippen LogP contribution < -0.4 is 15.5 Å². The topological polar surface area (TPSA) is 83.3 Å². The van der Waals surface area contributed by atoms with E-state index in [0.29, 0.717) is 30.2 Å². The van der Waals surface area contributed by atoms with Crippen LogP contribution in [0, 0.1) is 13.8 Å². The number of anilines is 2. The number of carbonyl (C=O) groups is 1. The van der Waals surface area contributed by atoms with Crippen LogP contribution in [-0.2, 0) is 0 Å². The molecule has 2 N–H and O–H groups in total. The molecule has 0 fully saturated rings. The zero-order valence-corrected chi connectivity index (χ0v) is 13.3. The molecule has 0 bridgehead atoms. The molecule has 0 aliphatic carbocycles. The summed E-state index contributed by atoms with van der Waals surface area (Å²) in [6, 6.07) is 3.64. The minimum atomic E-state index is -0.135. The van der Waals surface area contributed by atoms with Gasteiger partial charge in [-0.1, -0.05) is 0 Å². The fraction of sp³-hybridized carbons (Fsp3) is 0.400. The molecule has 22 heavy (non-hydrogen) atoms. The fourth-order valence-corrected chi connectivity index (χ4v) is 2.01. The molecule has 0 spiro atoms. The number of hydrogen-bond acceptors (Lipinski definition) is 6. The number of rotatable bonds is 6. The van der Waals surface area contributed by atoms with Gasteiger partial charge in [0.15, 0.2) is 5.82 Å². The molecule has 2 rings (SSSR count). The molecule has 0 saturated heterocycles. The van der Waals surface area contributed by atoms with Gasteiger partial charge in [0.1, 0.15) is 11.5 Å². The number of furan rings is 1. The van der Waals surface area contributed by atoms with Crippen molar-refractivity contribution in [3.05, 3.63) is 35.4 Å². The van der Waals surface area contributed by atoms with Gasteiger partial charge in [0.2, 0.25) is 0 Å². The highest BCUT2D eigenvalue weighted by Crippen LogP contribution is 2.13. The first-order valence-corrected chi connectivity index (χ1v) is 7.06. The SMILES string of the molecule is Cc1cc(C(=O)NCCNc2cc(N(C)C)cnn2)c(C)o1. The van der Waals surface area contributed by atoms with Crippen LogP contribution in [0.2, 0.25) is 0 Å². The number of carbonyl (C=O) groups excluding carboxylic acids is 1. The van der Waals surface area contributed by atoms with Crippen molar-refractivity contribution >= 4 is 17.4 Å². The Morgan fingerprint density at radius 1 is 1.27 bits per heavy atom. The predicted octanol–water partition coefficient (Wildman–Crippen LogP) is 1.59. The van der Waals surface area contributed by atoms with Gasteiger partial charge < -0.3 is 20.0 Å². The second-order valence-corrected chi connectivity index (χ2v) is 5.20. The largest absolute Gasteiger partial charge is 0.466 e. The van der Waals surface area contributed by atoms with Crippen molar-refractivity contribution in [2.24, 2.45) is 0 Å². The molecule has 2 aromatic rings. The van der Waals surface area contributed by atoms with Crippen molar-refractivity contribution in [2.45, 2.75) is 13.8 Å². The number of amides is 1. The number of nitrogens with one attached hydrogen (secondary N) is 2. The van der Waals surface area contributed by atoms with E-state index < -0.39 is 0 Å². The molecule has 2 heterocycles. The Morgan fingerprint density at radius 2 is 2.05 bits per heavy atom. The molecular weight excluding hydrogens is 282 g/mol. The van der Waals surface area contributed by atoms with Gasteiger partial charge in [0.05, 0.1) is 17.4 Å². The van der Waals surface area contributed by atoms with E-state index in [9.17, 15) is 4.79 Å². The van der Waals surface area contributed by atoms with Crippen molar-refractivity contribution < 1.29 is 9.21 Å². The lowest BCUT2D eigenvalue weighted by molar-refractivity contribution is 0.0953. The predicted molar refractivity (Wildman–Crippen MR) is 85.4 cm³/mol. The summed E-state index contributed by atoms with van der Waals surface area (Å²) in [5.41, 5.74) is 1.54. The second kappa shape index (κ2) is 6.93. The Labute approximate surface area is 129 Å². The molecule has 0 radical (unpaired) electrons. The minimum absolute atomic E-state index is 0.135. The van der Waals surface area contributed by atoms with Crippen molar-refractivity contribution in [2.75, 3.05) is 37.4 Å². The van der Waals surface area contributed by atoms with Gasteiger partial charge in [-0.25, -0.2) is 0 Å². The van der Waals surface area contributed by atoms with Gasteiger partial charge in [-0.3, -0.25) is 4.79 Å². The molecule has 7 heteroatoms. The molecule has 0 saturated carbocycles. The standard InChI is InChI=1S/C15H21N5O2/c1-10-7-13(11(2)22-10)15(21)17-6-5-16-14-8-12(20(3)4)9-18-19-14/h7-9H,5-6H2,1-4H3,(H,16,19)(H,17,21). The summed E-state index contributed by atoms with van der Waals surface area (Å²) in [6.07, 6.45) is 1.69. The molecular formula is C15H21N5O2. The maximum Gasteiger partial charge on any atom is 0.254 e. The van der Waals surface area contributed by atoms with E-state index >= 15 is 0 Å². The van der Waals surface area contributed by atoms with Gasteiger partial charge in [-0.2, -0.15) is 5.10 Å². The van der Waals surface area contributed by atoms with E-state index in [1.54, 1.807) is 19.2 Å². The molecule has 0 unspecified atom stereocenters. The Hall–Kier alpha value is -2.57. The van der Waals surface area contributed by atoms with Crippen LogP contribution in [0.1, 0.15) is 21.9 Å². The highest BCUT2D eigenvalue weighted by molar-refractivity contribution is 5.95. The number of nitrogens with zero attached hydrogens (tertiary/aromatic N) is 3. The van der Waals surface area contributed by atoms with Crippen LogP contribution in [-0.4, -0.2) is 43.3 Å². The quantitative estimate of drug-likeness (QED) is 0.789. The molecule has 2 aromatic heterocycles. The molecule has 0 aliphatic heterocycles. The fourth-order valence-electron chi connectivity index (χ4n) is 2.01. The minimum Gasteiger partial charge on any atom is -0.466 e. The van der Waals surface area contributed by atoms with Crippen LogP contribution in [0.25, 0.3) is 0 Å². The smallest absolute Gasteiger partial charge is 0.254 e. The van der Waals surface area contributed by atoms with E-state index in [2.05, 4.69) is 20.8 Å². The van der Waals surface area contributed by atoms with E-state index in [1.807, 2.05) is 32.0 Å². The summed E-state index contributed by atoms with van der Waals surface area (Å²) in [7, 11) is 3.88. The molecule has 0 atom stereocenters. The van der Waals surface area contributed by atoms with Crippen LogP contribution in [0.4, 0.5) is 11.5 Å².